The third kappa shape index (κ3) is 13.3. The Balaban J connectivity index is 1.27. The van der Waals surface area contributed by atoms with E-state index in [1.807, 2.05) is 35.2 Å². The lowest BCUT2D eigenvalue weighted by atomic mass is 9.55. The number of hydrogen-bond acceptors (Lipinski definition) is 13. The summed E-state index contributed by atoms with van der Waals surface area (Å²) < 4.78 is 38.9. The summed E-state index contributed by atoms with van der Waals surface area (Å²) in [5.41, 5.74) is 3.25. The van der Waals surface area contributed by atoms with Crippen molar-refractivity contribution in [1.29, 1.82) is 0 Å². The summed E-state index contributed by atoms with van der Waals surface area (Å²) in [6, 6.07) is 16.9. The highest BCUT2D eigenvalue weighted by Gasteiger charge is 2.65. The number of allylic oxidation sites excluding steroid dienone is 1. The van der Waals surface area contributed by atoms with E-state index in [0.717, 1.165) is 80.9 Å². The van der Waals surface area contributed by atoms with Gasteiger partial charge in [-0.1, -0.05) is 101 Å². The summed E-state index contributed by atoms with van der Waals surface area (Å²) in [5, 5.41) is 37.0. The zero-order valence-electron chi connectivity index (χ0n) is 42.8. The highest BCUT2D eigenvalue weighted by Crippen LogP contribution is 2.62. The largest absolute Gasteiger partial charge is 0.459 e. The fourth-order valence-electron chi connectivity index (χ4n) is 11.8. The van der Waals surface area contributed by atoms with E-state index in [-0.39, 0.29) is 68.9 Å². The number of aliphatic hydroxyl groups is 2. The first-order valence-corrected chi connectivity index (χ1v) is 27.2. The van der Waals surface area contributed by atoms with Gasteiger partial charge in [-0.05, 0) is 104 Å². The average molecular weight is 1010 g/mol. The molecule has 3 aliphatic heterocycles. The molecule has 0 aromatic heterocycles. The minimum atomic E-state index is -1.48. The fourth-order valence-corrected chi connectivity index (χ4v) is 11.8. The van der Waals surface area contributed by atoms with Crippen molar-refractivity contribution in [3.8, 4) is 28.7 Å². The quantitative estimate of drug-likeness (QED) is 0.0291. The molecule has 7 unspecified atom stereocenters. The molecule has 73 heavy (non-hydrogen) atoms. The average Bonchev–Trinajstić information content (AvgIpc) is 3.88. The Bertz CT molecular complexity index is 2370. The van der Waals surface area contributed by atoms with E-state index < -0.39 is 29.0 Å². The number of amides is 1. The summed E-state index contributed by atoms with van der Waals surface area (Å²) in [6.07, 6.45) is 21.1. The molecule has 3 heterocycles. The molecule has 8 rings (SSSR count). The highest BCUT2D eigenvalue weighted by molar-refractivity contribution is 6.03. The Hall–Kier alpha value is -5.48. The van der Waals surface area contributed by atoms with E-state index in [9.17, 15) is 20.3 Å². The lowest BCUT2D eigenvalue weighted by Crippen LogP contribution is -2.70. The molecule has 0 radical (unpaired) electrons. The molecule has 0 bridgehead atoms. The molecular formula is C58H77N3O12. The molecule has 2 aliphatic carbocycles. The first-order chi connectivity index (χ1) is 35.8. The van der Waals surface area contributed by atoms with Crippen molar-refractivity contribution in [2.75, 3.05) is 33.2 Å². The second kappa shape index (κ2) is 26.6. The smallest absolute Gasteiger partial charge is 0.273 e. The van der Waals surface area contributed by atoms with Crippen LogP contribution in [-0.2, 0) is 25.7 Å². The molecule has 15 heteroatoms. The number of unbranched alkanes of at least 4 members (excludes halogenated alkanes) is 10. The highest BCUT2D eigenvalue weighted by atomic mass is 16.8. The van der Waals surface area contributed by atoms with Crippen LogP contribution in [0.25, 0.3) is 0 Å². The molecule has 2 N–H and O–H groups in total. The van der Waals surface area contributed by atoms with E-state index in [4.69, 9.17) is 38.4 Å². The molecule has 3 aromatic carbocycles. The number of nitro groups is 1. The first kappa shape index (κ1) is 53.8. The normalized spacial score (nSPS) is 24.2. The number of aliphatic hydroxyl groups excluding tert-OH is 2. The molecule has 2 fully saturated rings. The van der Waals surface area contributed by atoms with Crippen LogP contribution in [0.1, 0.15) is 152 Å². The van der Waals surface area contributed by atoms with Gasteiger partial charge in [-0.3, -0.25) is 14.9 Å². The second-order valence-corrected chi connectivity index (χ2v) is 20.3. The van der Waals surface area contributed by atoms with Gasteiger partial charge in [0, 0.05) is 56.6 Å². The third-order valence-corrected chi connectivity index (χ3v) is 15.3. The summed E-state index contributed by atoms with van der Waals surface area (Å²) >= 11 is 0. The number of carbonyl (C=O) groups excluding carboxylic acids is 1. The van der Waals surface area contributed by atoms with Gasteiger partial charge >= 0.3 is 0 Å². The first-order valence-electron chi connectivity index (χ1n) is 27.2. The molecule has 1 amide bonds. The van der Waals surface area contributed by atoms with Gasteiger partial charge in [-0.25, -0.2) is 0 Å². The molecular weight excluding hydrogens is 931 g/mol. The van der Waals surface area contributed by atoms with E-state index in [1.165, 1.54) is 44.2 Å². The van der Waals surface area contributed by atoms with Crippen LogP contribution >= 0.6 is 0 Å². The number of hydrogen-bond donors (Lipinski definition) is 2. The lowest BCUT2D eigenvalue weighted by Gasteiger charge is -2.60. The van der Waals surface area contributed by atoms with Crippen molar-refractivity contribution >= 4 is 17.3 Å². The molecule has 5 aliphatic rings. The van der Waals surface area contributed by atoms with Crippen molar-refractivity contribution in [1.82, 2.24) is 4.90 Å². The zero-order valence-corrected chi connectivity index (χ0v) is 42.8. The Morgan fingerprint density at radius 2 is 1.64 bits per heavy atom. The minimum Gasteiger partial charge on any atom is -0.459 e. The molecule has 15 nitrogen and oxygen atoms in total. The summed E-state index contributed by atoms with van der Waals surface area (Å²) in [4.78, 5) is 35.1. The number of benzene rings is 3. The van der Waals surface area contributed by atoms with E-state index in [1.54, 1.807) is 24.3 Å². The molecule has 1 saturated carbocycles. The lowest BCUT2D eigenvalue weighted by molar-refractivity contribution is -0.384. The van der Waals surface area contributed by atoms with E-state index >= 15 is 4.79 Å². The predicted octanol–water partition coefficient (Wildman–Crippen LogP) is 12.2. The SMILES string of the molecule is C=CCOC12Oc3ccc(Oc4cccc([N+](=O)[O-])c4)cc3C3C(CCCCO)C(CCCCO)C=C(C(=NOC4CCCCO4)CC1N(Cc1ccc4c(c1)OCO4)C(=O)CCCCCCCCCCC)C32. The Labute approximate surface area is 431 Å². The third-order valence-electron chi connectivity index (χ3n) is 15.3. The van der Waals surface area contributed by atoms with Gasteiger partial charge < -0.3 is 48.4 Å². The van der Waals surface area contributed by atoms with Crippen molar-refractivity contribution in [3.63, 3.8) is 0 Å². The van der Waals surface area contributed by atoms with Crippen molar-refractivity contribution in [3.05, 3.63) is 106 Å². The van der Waals surface area contributed by atoms with E-state index in [2.05, 4.69) is 19.6 Å². The topological polar surface area (TPSA) is 181 Å². The van der Waals surface area contributed by atoms with Gasteiger partial charge in [0.25, 0.3) is 5.69 Å². The summed E-state index contributed by atoms with van der Waals surface area (Å²) in [5.74, 6) is 0.269. The van der Waals surface area contributed by atoms with Crippen LogP contribution in [0, 0.1) is 27.9 Å². The minimum absolute atomic E-state index is 0.0107. The zero-order chi connectivity index (χ0) is 51.0. The predicted molar refractivity (Wildman–Crippen MR) is 278 cm³/mol. The maximum atomic E-state index is 15.4. The van der Waals surface area contributed by atoms with Crippen molar-refractivity contribution in [2.45, 2.75) is 166 Å². The van der Waals surface area contributed by atoms with Crippen LogP contribution < -0.4 is 18.9 Å². The number of oxime groups is 1. The fraction of sp³-hybridized carbons (Fsp3) is 0.586. The van der Waals surface area contributed by atoms with Crippen LogP contribution in [0.4, 0.5) is 5.69 Å². The number of nitrogens with zero attached hydrogens (tertiary/aromatic N) is 3. The standard InChI is InChI=1S/C58H77N3O12/c1-3-5-6-7-8-9-10-11-12-24-54(64)60(39-41-26-28-51-52(34-41)69-40-68-51)53-38-49(59-73-55-25-15-18-33-67-55)47-35-42(20-13-16-30-62)46(23-14-17-31-63)56-48-37-45(71-44-22-19-21-43(36-44)61(65)66)27-29-50(48)72-58(53,57(47)56)70-32-4-2/h4,19,21-22,26-29,34-37,42,46,53,55-57,62-63H,2-3,5-18,20,23-25,30-33,38-40H2,1H3. The van der Waals surface area contributed by atoms with Crippen LogP contribution in [0.3, 0.4) is 0 Å². The molecule has 396 valence electrons. The van der Waals surface area contributed by atoms with Gasteiger partial charge in [0.15, 0.2) is 11.5 Å². The van der Waals surface area contributed by atoms with Crippen LogP contribution in [0.15, 0.2) is 90.1 Å². The van der Waals surface area contributed by atoms with Crippen molar-refractivity contribution < 1.29 is 53.2 Å². The second-order valence-electron chi connectivity index (χ2n) is 20.3. The molecule has 7 atom stereocenters. The molecule has 3 aromatic rings. The number of rotatable bonds is 29. The monoisotopic (exact) mass is 1010 g/mol. The number of ether oxygens (including phenoxy) is 6. The van der Waals surface area contributed by atoms with E-state index in [0.29, 0.717) is 66.7 Å². The summed E-state index contributed by atoms with van der Waals surface area (Å²) in [6.45, 7) is 7.52. The molecule has 1 saturated heterocycles. The number of nitro benzene ring substituents is 1. The van der Waals surface area contributed by atoms with Gasteiger partial charge in [0.05, 0.1) is 35.8 Å². The van der Waals surface area contributed by atoms with Crippen LogP contribution in [0.5, 0.6) is 28.7 Å². The van der Waals surface area contributed by atoms with Gasteiger partial charge in [-0.2, -0.15) is 0 Å². The maximum Gasteiger partial charge on any atom is 0.273 e. The van der Waals surface area contributed by atoms with Crippen molar-refractivity contribution in [2.24, 2.45) is 22.9 Å². The summed E-state index contributed by atoms with van der Waals surface area (Å²) in [7, 11) is 0. The Morgan fingerprint density at radius 1 is 0.890 bits per heavy atom. The van der Waals surface area contributed by atoms with Gasteiger partial charge in [0.2, 0.25) is 24.8 Å². The van der Waals surface area contributed by atoms with Gasteiger partial charge in [0.1, 0.15) is 23.3 Å². The van der Waals surface area contributed by atoms with Crippen LogP contribution in [-0.4, -0.2) is 83.0 Å². The number of fused-ring (bicyclic) bond motifs is 3. The number of carbonyl (C=O) groups is 1. The van der Waals surface area contributed by atoms with Crippen LogP contribution in [0.2, 0.25) is 0 Å². The Kier molecular flexibility index (Phi) is 19.6. The van der Waals surface area contributed by atoms with Gasteiger partial charge in [-0.15, -0.1) is 6.58 Å². The number of non-ortho nitro benzene ring substituents is 1. The maximum absolute atomic E-state index is 15.4. The molecule has 0 spiro atoms. The Morgan fingerprint density at radius 3 is 2.40 bits per heavy atom.